The normalized spacial score (nSPS) is 23.0. The summed E-state index contributed by atoms with van der Waals surface area (Å²) in [5, 5.41) is 0. The fourth-order valence-electron chi connectivity index (χ4n) is 2.76. The highest BCUT2D eigenvalue weighted by molar-refractivity contribution is 6.12. The number of hydrogen-bond donors (Lipinski definition) is 1. The van der Waals surface area contributed by atoms with E-state index in [0.717, 1.165) is 23.3 Å². The van der Waals surface area contributed by atoms with Gasteiger partial charge in [0.15, 0.2) is 0 Å². The van der Waals surface area contributed by atoms with Gasteiger partial charge >= 0.3 is 6.18 Å². The van der Waals surface area contributed by atoms with E-state index in [2.05, 4.69) is 4.99 Å². The van der Waals surface area contributed by atoms with Crippen LogP contribution in [0.15, 0.2) is 64.4 Å². The minimum atomic E-state index is -4.46. The van der Waals surface area contributed by atoms with Crippen LogP contribution in [0.25, 0.3) is 0 Å². The Balaban J connectivity index is 2.00. The molecule has 0 saturated carbocycles. The van der Waals surface area contributed by atoms with E-state index in [1.54, 1.807) is 6.08 Å². The minimum Gasteiger partial charge on any atom is -0.497 e. The van der Waals surface area contributed by atoms with Crippen molar-refractivity contribution in [2.45, 2.75) is 18.8 Å². The summed E-state index contributed by atoms with van der Waals surface area (Å²) in [7, 11) is 1.48. The summed E-state index contributed by atoms with van der Waals surface area (Å²) in [5.41, 5.74) is 6.22. The molecular weight excluding hydrogens is 333 g/mol. The molecule has 2 N–H and O–H groups in total. The van der Waals surface area contributed by atoms with Crippen molar-refractivity contribution < 1.29 is 22.6 Å². The molecule has 1 aliphatic carbocycles. The minimum absolute atomic E-state index is 0.000171. The Labute approximate surface area is 143 Å². The summed E-state index contributed by atoms with van der Waals surface area (Å²) in [6.45, 7) is 2.34. The standard InChI is InChI=1S/C18H17F3N2O2/c1-11-6-7-23-16-15(11)9-14(24-2)10-17(16,22)25-13-5-3-4-12(8-13)18(19,20)21/h3-6,8-10H,7,22H2,1-2H3. The second-order valence-corrected chi connectivity index (χ2v) is 5.81. The first-order valence-electron chi connectivity index (χ1n) is 7.59. The highest BCUT2D eigenvalue weighted by Gasteiger charge is 2.40. The maximum absolute atomic E-state index is 12.9. The first-order chi connectivity index (χ1) is 11.7. The third-order valence-corrected chi connectivity index (χ3v) is 4.02. The molecule has 0 spiro atoms. The first-order valence-corrected chi connectivity index (χ1v) is 7.59. The van der Waals surface area contributed by atoms with Gasteiger partial charge in [-0.05, 0) is 36.8 Å². The predicted octanol–water partition coefficient (Wildman–Crippen LogP) is 3.61. The van der Waals surface area contributed by atoms with Gasteiger partial charge in [0.25, 0.3) is 0 Å². The zero-order chi connectivity index (χ0) is 18.2. The Morgan fingerprint density at radius 1 is 1.28 bits per heavy atom. The number of halogens is 3. The van der Waals surface area contributed by atoms with Crippen molar-refractivity contribution in [2.75, 3.05) is 13.7 Å². The number of methoxy groups -OCH3 is 1. The molecule has 1 unspecified atom stereocenters. The van der Waals surface area contributed by atoms with Gasteiger partial charge in [-0.15, -0.1) is 0 Å². The number of allylic oxidation sites excluding steroid dienone is 2. The molecule has 7 heteroatoms. The Kier molecular flexibility index (Phi) is 4.20. The van der Waals surface area contributed by atoms with Gasteiger partial charge in [0.2, 0.25) is 5.72 Å². The predicted molar refractivity (Wildman–Crippen MR) is 88.2 cm³/mol. The molecule has 1 atom stereocenters. The van der Waals surface area contributed by atoms with E-state index in [4.69, 9.17) is 15.2 Å². The molecule has 3 rings (SSSR count). The third-order valence-electron chi connectivity index (χ3n) is 4.02. The molecule has 1 aliphatic heterocycles. The average Bonchev–Trinajstić information content (AvgIpc) is 2.55. The van der Waals surface area contributed by atoms with E-state index in [1.807, 2.05) is 13.0 Å². The van der Waals surface area contributed by atoms with Gasteiger partial charge in [-0.25, -0.2) is 0 Å². The van der Waals surface area contributed by atoms with Crippen LogP contribution in [0.2, 0.25) is 0 Å². The van der Waals surface area contributed by atoms with Crippen molar-refractivity contribution >= 4 is 5.71 Å². The Morgan fingerprint density at radius 3 is 2.72 bits per heavy atom. The summed E-state index contributed by atoms with van der Waals surface area (Å²) in [5.74, 6) is 0.457. The number of rotatable bonds is 3. The number of dihydropyridines is 1. The molecule has 25 heavy (non-hydrogen) atoms. The van der Waals surface area contributed by atoms with Crippen LogP contribution in [0.5, 0.6) is 5.75 Å². The molecule has 0 saturated heterocycles. The summed E-state index contributed by atoms with van der Waals surface area (Å²) in [4.78, 5) is 4.39. The number of aliphatic imine (C=N–C) groups is 1. The zero-order valence-electron chi connectivity index (χ0n) is 13.7. The third kappa shape index (κ3) is 3.32. The van der Waals surface area contributed by atoms with E-state index >= 15 is 0 Å². The van der Waals surface area contributed by atoms with Crippen LogP contribution in [-0.4, -0.2) is 25.1 Å². The lowest BCUT2D eigenvalue weighted by Crippen LogP contribution is -2.54. The molecule has 132 valence electrons. The van der Waals surface area contributed by atoms with Crippen LogP contribution in [0.1, 0.15) is 12.5 Å². The largest absolute Gasteiger partial charge is 0.497 e. The first kappa shape index (κ1) is 17.3. The summed E-state index contributed by atoms with van der Waals surface area (Å²) in [6, 6.07) is 4.59. The van der Waals surface area contributed by atoms with Gasteiger partial charge in [-0.1, -0.05) is 12.1 Å². The van der Waals surface area contributed by atoms with Crippen molar-refractivity contribution in [1.82, 2.24) is 0 Å². The fraction of sp³-hybridized carbons (Fsp3) is 0.278. The number of alkyl halides is 3. The monoisotopic (exact) mass is 350 g/mol. The van der Waals surface area contributed by atoms with Crippen molar-refractivity contribution in [1.29, 1.82) is 0 Å². The lowest BCUT2D eigenvalue weighted by Gasteiger charge is -2.35. The van der Waals surface area contributed by atoms with E-state index in [-0.39, 0.29) is 5.75 Å². The molecule has 0 fully saturated rings. The molecule has 2 aliphatic rings. The molecule has 1 aromatic carbocycles. The van der Waals surface area contributed by atoms with Gasteiger partial charge in [0.05, 0.1) is 19.2 Å². The lowest BCUT2D eigenvalue weighted by atomic mass is 9.87. The fourth-order valence-corrected chi connectivity index (χ4v) is 2.76. The Hall–Kier alpha value is -2.54. The Bertz CT molecular complexity index is 822. The van der Waals surface area contributed by atoms with Gasteiger partial charge in [0, 0.05) is 11.6 Å². The van der Waals surface area contributed by atoms with Crippen LogP contribution in [0.4, 0.5) is 13.2 Å². The van der Waals surface area contributed by atoms with Crippen LogP contribution < -0.4 is 10.5 Å². The maximum atomic E-state index is 12.9. The number of nitrogens with two attached hydrogens (primary N) is 1. The summed E-state index contributed by atoms with van der Waals surface area (Å²) < 4.78 is 49.8. The van der Waals surface area contributed by atoms with Crippen molar-refractivity contribution in [3.63, 3.8) is 0 Å². The quantitative estimate of drug-likeness (QED) is 0.848. The van der Waals surface area contributed by atoms with E-state index in [9.17, 15) is 13.2 Å². The Morgan fingerprint density at radius 2 is 2.04 bits per heavy atom. The molecule has 0 radical (unpaired) electrons. The van der Waals surface area contributed by atoms with E-state index in [0.29, 0.717) is 18.0 Å². The highest BCUT2D eigenvalue weighted by atomic mass is 19.4. The number of fused-ring (bicyclic) bond motifs is 1. The molecule has 1 heterocycles. The number of ether oxygens (including phenoxy) is 2. The highest BCUT2D eigenvalue weighted by Crippen LogP contribution is 2.35. The average molecular weight is 350 g/mol. The van der Waals surface area contributed by atoms with Gasteiger partial charge in [0.1, 0.15) is 17.2 Å². The second-order valence-electron chi connectivity index (χ2n) is 5.81. The zero-order valence-corrected chi connectivity index (χ0v) is 13.7. The second kappa shape index (κ2) is 6.07. The van der Waals surface area contributed by atoms with Crippen LogP contribution >= 0.6 is 0 Å². The lowest BCUT2D eigenvalue weighted by molar-refractivity contribution is -0.137. The van der Waals surface area contributed by atoms with Gasteiger partial charge < -0.3 is 9.47 Å². The van der Waals surface area contributed by atoms with Crippen molar-refractivity contribution in [3.05, 3.63) is 65.0 Å². The molecule has 0 aromatic heterocycles. The molecule has 0 bridgehead atoms. The topological polar surface area (TPSA) is 56.8 Å². The summed E-state index contributed by atoms with van der Waals surface area (Å²) in [6.07, 6.45) is 0.755. The van der Waals surface area contributed by atoms with E-state index < -0.39 is 17.5 Å². The number of benzene rings is 1. The molecule has 4 nitrogen and oxygen atoms in total. The van der Waals surface area contributed by atoms with Crippen molar-refractivity contribution in [2.24, 2.45) is 10.7 Å². The smallest absolute Gasteiger partial charge is 0.416 e. The van der Waals surface area contributed by atoms with Crippen LogP contribution in [-0.2, 0) is 10.9 Å². The molecule has 1 aromatic rings. The van der Waals surface area contributed by atoms with Crippen LogP contribution in [0.3, 0.4) is 0 Å². The SMILES string of the molecule is COC1=CC(N)(Oc2cccc(C(F)(F)F)c2)C2=NCC=C(C)C2=C1. The van der Waals surface area contributed by atoms with Crippen molar-refractivity contribution in [3.8, 4) is 5.75 Å². The summed E-state index contributed by atoms with van der Waals surface area (Å²) >= 11 is 0. The van der Waals surface area contributed by atoms with Gasteiger partial charge in [-0.2, -0.15) is 13.2 Å². The van der Waals surface area contributed by atoms with Gasteiger partial charge in [-0.3, -0.25) is 10.7 Å². The maximum Gasteiger partial charge on any atom is 0.416 e. The number of nitrogens with zero attached hydrogens (tertiary/aromatic N) is 1. The van der Waals surface area contributed by atoms with E-state index in [1.165, 1.54) is 25.3 Å². The molecule has 0 amide bonds. The number of hydrogen-bond acceptors (Lipinski definition) is 4. The van der Waals surface area contributed by atoms with Crippen LogP contribution in [0, 0.1) is 0 Å². The molecular formula is C18H17F3N2O2.